The van der Waals surface area contributed by atoms with Crippen LogP contribution >= 0.6 is 0 Å². The number of anilines is 2. The van der Waals surface area contributed by atoms with Gasteiger partial charge in [0.15, 0.2) is 0 Å². The van der Waals surface area contributed by atoms with E-state index in [9.17, 15) is 0 Å². The van der Waals surface area contributed by atoms with Gasteiger partial charge in [-0.25, -0.2) is 0 Å². The van der Waals surface area contributed by atoms with Crippen LogP contribution in [0.25, 0.3) is 0 Å². The van der Waals surface area contributed by atoms with Crippen molar-refractivity contribution in [3.8, 4) is 0 Å². The van der Waals surface area contributed by atoms with Gasteiger partial charge < -0.3 is 9.32 Å². The summed E-state index contributed by atoms with van der Waals surface area (Å²) in [7, 11) is 1.89. The summed E-state index contributed by atoms with van der Waals surface area (Å²) in [5, 5.41) is 7.79. The molecule has 93 valence electrons. The van der Waals surface area contributed by atoms with Crippen LogP contribution in [0, 0.1) is 13.0 Å². The van der Waals surface area contributed by atoms with E-state index in [-0.39, 0.29) is 32.7 Å². The average molecular weight is 319 g/mol. The first kappa shape index (κ1) is 15.3. The quantitative estimate of drug-likeness (QED) is 0.816. The van der Waals surface area contributed by atoms with Crippen molar-refractivity contribution < 1.29 is 37.1 Å². The molecule has 1 heterocycles. The average Bonchev–Trinajstić information content (AvgIpc) is 2.75. The van der Waals surface area contributed by atoms with Gasteiger partial charge in [-0.3, -0.25) is 0 Å². The fourth-order valence-corrected chi connectivity index (χ4v) is 1.53. The number of aromatic nitrogens is 2. The Morgan fingerprint density at radius 1 is 1.28 bits per heavy atom. The monoisotopic (exact) mass is 319 g/mol. The number of aryl methyl sites for hydroxylation is 1. The first-order valence-electron chi connectivity index (χ1n) is 5.63. The Kier molecular flexibility index (Phi) is 5.48. The van der Waals surface area contributed by atoms with Crippen molar-refractivity contribution >= 4 is 11.7 Å². The van der Waals surface area contributed by atoms with E-state index in [1.54, 1.807) is 6.92 Å². The molecule has 0 saturated carbocycles. The predicted molar refractivity (Wildman–Crippen MR) is 66.5 cm³/mol. The molecule has 5 heteroatoms. The van der Waals surface area contributed by atoms with Crippen LogP contribution in [0.15, 0.2) is 22.6 Å². The normalized spacial score (nSPS) is 10.3. The van der Waals surface area contributed by atoms with Gasteiger partial charge in [-0.1, -0.05) is 24.6 Å². The number of benzene rings is 1. The molecule has 0 atom stereocenters. The summed E-state index contributed by atoms with van der Waals surface area (Å²) in [5.74, 6) is 1.05. The van der Waals surface area contributed by atoms with Crippen molar-refractivity contribution in [2.24, 2.45) is 0 Å². The van der Waals surface area contributed by atoms with Crippen LogP contribution in [0.1, 0.15) is 31.2 Å². The Bertz CT molecular complexity index is 493. The molecule has 0 amide bonds. The third kappa shape index (κ3) is 3.39. The summed E-state index contributed by atoms with van der Waals surface area (Å²) in [6.45, 7) is 6.07. The maximum absolute atomic E-state index is 5.37. The third-order valence-electron chi connectivity index (χ3n) is 2.63. The molecule has 1 aromatic heterocycles. The fourth-order valence-electron chi connectivity index (χ4n) is 1.53. The minimum Gasteiger partial charge on any atom is -0.409 e. The van der Waals surface area contributed by atoms with Crippen LogP contribution < -0.4 is 4.90 Å². The Morgan fingerprint density at radius 2 is 2.00 bits per heavy atom. The van der Waals surface area contributed by atoms with E-state index in [0.717, 1.165) is 5.69 Å². The first-order valence-corrected chi connectivity index (χ1v) is 5.63. The molecule has 2 rings (SSSR count). The Labute approximate surface area is 133 Å². The smallest absolute Gasteiger partial charge is 0.311 e. The van der Waals surface area contributed by atoms with Crippen LogP contribution in [0.3, 0.4) is 0 Å². The third-order valence-corrected chi connectivity index (χ3v) is 2.63. The minimum atomic E-state index is 0. The molecule has 0 N–H and O–H groups in total. The Hall–Kier alpha value is -0.736. The van der Waals surface area contributed by atoms with Gasteiger partial charge in [0, 0.05) is 46.7 Å². The van der Waals surface area contributed by atoms with Crippen molar-refractivity contribution in [1.29, 1.82) is 0 Å². The van der Waals surface area contributed by atoms with Gasteiger partial charge in [0.1, 0.15) is 0 Å². The molecule has 0 bridgehead atoms. The topological polar surface area (TPSA) is 42.2 Å². The molecule has 18 heavy (non-hydrogen) atoms. The fraction of sp³-hybridized carbons (Fsp3) is 0.385. The standard InChI is InChI=1S/C13H16N3O.Y/c1-9(2)11-5-7-12(8-6-11)16(4)13-15-14-10(3)17-13;/h5,7-9H,1-4H3;/q-1;. The molecule has 0 aliphatic heterocycles. The molecule has 1 aromatic carbocycles. The zero-order valence-electron chi connectivity index (χ0n) is 11.1. The predicted octanol–water partition coefficient (Wildman–Crippen LogP) is 3.07. The molecule has 2 aromatic rings. The zero-order valence-corrected chi connectivity index (χ0v) is 14.0. The van der Waals surface area contributed by atoms with Gasteiger partial charge in [0.05, 0.1) is 0 Å². The van der Waals surface area contributed by atoms with Crippen molar-refractivity contribution in [1.82, 2.24) is 10.2 Å². The van der Waals surface area contributed by atoms with E-state index in [1.807, 2.05) is 24.1 Å². The molecule has 0 aliphatic rings. The van der Waals surface area contributed by atoms with E-state index in [4.69, 9.17) is 4.42 Å². The van der Waals surface area contributed by atoms with Crippen LogP contribution in [0.2, 0.25) is 0 Å². The van der Waals surface area contributed by atoms with Crippen molar-refractivity contribution in [2.75, 3.05) is 11.9 Å². The van der Waals surface area contributed by atoms with Gasteiger partial charge >= 0.3 is 6.01 Å². The number of rotatable bonds is 3. The van der Waals surface area contributed by atoms with E-state index < -0.39 is 0 Å². The molecule has 0 saturated heterocycles. The molecular weight excluding hydrogens is 303 g/mol. The zero-order chi connectivity index (χ0) is 12.4. The van der Waals surface area contributed by atoms with Gasteiger partial charge in [-0.05, 0) is 5.92 Å². The molecule has 0 spiro atoms. The second-order valence-electron chi connectivity index (χ2n) is 4.32. The number of nitrogens with zero attached hydrogens (tertiary/aromatic N) is 3. The van der Waals surface area contributed by atoms with E-state index in [2.05, 4.69) is 36.2 Å². The molecule has 4 nitrogen and oxygen atoms in total. The number of hydrogen-bond donors (Lipinski definition) is 0. The summed E-state index contributed by atoms with van der Waals surface area (Å²) < 4.78 is 5.37. The minimum absolute atomic E-state index is 0. The second kappa shape index (κ2) is 6.44. The van der Waals surface area contributed by atoms with Crippen molar-refractivity contribution in [3.63, 3.8) is 0 Å². The molecule has 0 unspecified atom stereocenters. The maximum Gasteiger partial charge on any atom is 0.311 e. The summed E-state index contributed by atoms with van der Waals surface area (Å²) in [4.78, 5) is 1.85. The van der Waals surface area contributed by atoms with Crippen LogP contribution in [0.4, 0.5) is 11.7 Å². The van der Waals surface area contributed by atoms with E-state index in [1.165, 1.54) is 5.56 Å². The van der Waals surface area contributed by atoms with Gasteiger partial charge in [0.25, 0.3) is 0 Å². The van der Waals surface area contributed by atoms with E-state index >= 15 is 0 Å². The number of hydrogen-bond acceptors (Lipinski definition) is 4. The van der Waals surface area contributed by atoms with Crippen LogP contribution in [-0.4, -0.2) is 17.2 Å². The van der Waals surface area contributed by atoms with Crippen molar-refractivity contribution in [3.05, 3.63) is 35.7 Å². The summed E-state index contributed by atoms with van der Waals surface area (Å²) in [5.41, 5.74) is 2.18. The molecule has 1 radical (unpaired) electrons. The molecule has 0 fully saturated rings. The Morgan fingerprint density at radius 3 is 2.44 bits per heavy atom. The SMILES string of the molecule is Cc1nnc(N(C)c2c[c-]c(C(C)C)cc2)o1.[Y]. The second-order valence-corrected chi connectivity index (χ2v) is 4.32. The molecule has 0 aliphatic carbocycles. The van der Waals surface area contributed by atoms with Crippen LogP contribution in [0.5, 0.6) is 0 Å². The van der Waals surface area contributed by atoms with Gasteiger partial charge in [-0.15, -0.1) is 11.2 Å². The first-order chi connectivity index (χ1) is 8.08. The molecular formula is C13H16N3OY-. The summed E-state index contributed by atoms with van der Waals surface area (Å²) in [6, 6.07) is 9.80. The van der Waals surface area contributed by atoms with Gasteiger partial charge in [0.2, 0.25) is 5.89 Å². The van der Waals surface area contributed by atoms with E-state index in [0.29, 0.717) is 17.8 Å². The largest absolute Gasteiger partial charge is 0.409 e. The van der Waals surface area contributed by atoms with Gasteiger partial charge in [-0.2, -0.15) is 23.8 Å². The Balaban J connectivity index is 0.00000162. The van der Waals surface area contributed by atoms with Crippen LogP contribution in [-0.2, 0) is 32.7 Å². The maximum atomic E-state index is 5.37. The summed E-state index contributed by atoms with van der Waals surface area (Å²) in [6.07, 6.45) is 0. The van der Waals surface area contributed by atoms with Crippen molar-refractivity contribution in [2.45, 2.75) is 26.7 Å². The summed E-state index contributed by atoms with van der Waals surface area (Å²) >= 11 is 0.